The third kappa shape index (κ3) is 2.29. The summed E-state index contributed by atoms with van der Waals surface area (Å²) in [5, 5.41) is 12.8. The summed E-state index contributed by atoms with van der Waals surface area (Å²) < 4.78 is 0. The number of carbonyl (C=O) groups is 1. The van der Waals surface area contributed by atoms with Gasteiger partial charge < -0.3 is 15.3 Å². The van der Waals surface area contributed by atoms with E-state index in [0.29, 0.717) is 0 Å². The second-order valence-corrected chi connectivity index (χ2v) is 5.77. The molecule has 1 aromatic rings. The van der Waals surface area contributed by atoms with Crippen molar-refractivity contribution in [2.45, 2.75) is 38.3 Å². The Morgan fingerprint density at radius 2 is 2.15 bits per heavy atom. The molecule has 2 aliphatic rings. The van der Waals surface area contributed by atoms with Crippen LogP contribution in [-0.4, -0.2) is 30.1 Å². The third-order valence-electron chi connectivity index (χ3n) is 4.60. The van der Waals surface area contributed by atoms with E-state index < -0.39 is 0 Å². The van der Waals surface area contributed by atoms with Gasteiger partial charge in [0.25, 0.3) is 0 Å². The number of carbonyl (C=O) groups excluding carboxylic acids is 1. The zero-order valence-electron chi connectivity index (χ0n) is 11.9. The molecule has 2 aliphatic heterocycles. The van der Waals surface area contributed by atoms with Gasteiger partial charge in [-0.05, 0) is 37.0 Å². The van der Waals surface area contributed by atoms with E-state index in [9.17, 15) is 9.90 Å². The standard InChI is InChI=1S/C16H22N2O2/c1-2-15(19)11-5-7-12(8-6-11)18-9-3-4-13-14(18)10-17-16(13)20/h5-8,13-15,19H,2-4,9-10H2,1H3,(H,17,20). The molecule has 4 nitrogen and oxygen atoms in total. The Balaban J connectivity index is 1.80. The maximum absolute atomic E-state index is 11.8. The summed E-state index contributed by atoms with van der Waals surface area (Å²) in [6.07, 6.45) is 2.41. The number of nitrogens with one attached hydrogen (secondary N) is 1. The van der Waals surface area contributed by atoms with E-state index in [0.717, 1.165) is 43.6 Å². The van der Waals surface area contributed by atoms with E-state index in [2.05, 4.69) is 22.3 Å². The summed E-state index contributed by atoms with van der Waals surface area (Å²) in [4.78, 5) is 14.1. The van der Waals surface area contributed by atoms with Crippen molar-refractivity contribution in [3.8, 4) is 0 Å². The summed E-state index contributed by atoms with van der Waals surface area (Å²) in [6.45, 7) is 3.73. The van der Waals surface area contributed by atoms with Crippen LogP contribution in [0.1, 0.15) is 37.9 Å². The SMILES string of the molecule is CCC(O)c1ccc(N2CCCC3C(=O)NCC32)cc1. The van der Waals surface area contributed by atoms with Crippen LogP contribution in [-0.2, 0) is 4.79 Å². The average molecular weight is 274 g/mol. The van der Waals surface area contributed by atoms with Gasteiger partial charge in [0, 0.05) is 18.8 Å². The fourth-order valence-corrected chi connectivity index (χ4v) is 3.40. The first-order valence-corrected chi connectivity index (χ1v) is 7.53. The van der Waals surface area contributed by atoms with Gasteiger partial charge in [-0.25, -0.2) is 0 Å². The summed E-state index contributed by atoms with van der Waals surface area (Å²) in [6, 6.07) is 8.42. The number of hydrogen-bond donors (Lipinski definition) is 2. The van der Waals surface area contributed by atoms with Gasteiger partial charge in [0.05, 0.1) is 18.1 Å². The molecule has 0 saturated carbocycles. The molecule has 3 rings (SSSR count). The molecule has 4 heteroatoms. The van der Waals surface area contributed by atoms with Crippen LogP contribution in [0.3, 0.4) is 0 Å². The topological polar surface area (TPSA) is 52.6 Å². The van der Waals surface area contributed by atoms with Crippen molar-refractivity contribution >= 4 is 11.6 Å². The molecule has 2 fully saturated rings. The van der Waals surface area contributed by atoms with Crippen molar-refractivity contribution in [1.29, 1.82) is 0 Å². The quantitative estimate of drug-likeness (QED) is 0.884. The molecule has 3 atom stereocenters. The minimum atomic E-state index is -0.382. The highest BCUT2D eigenvalue weighted by Crippen LogP contribution is 2.32. The van der Waals surface area contributed by atoms with Gasteiger partial charge in [0.2, 0.25) is 5.91 Å². The smallest absolute Gasteiger partial charge is 0.225 e. The van der Waals surface area contributed by atoms with E-state index in [-0.39, 0.29) is 24.0 Å². The van der Waals surface area contributed by atoms with Crippen LogP contribution in [0.25, 0.3) is 0 Å². The van der Waals surface area contributed by atoms with Crippen LogP contribution in [0.2, 0.25) is 0 Å². The number of nitrogens with zero attached hydrogens (tertiary/aromatic N) is 1. The first-order chi connectivity index (χ1) is 9.70. The Bertz CT molecular complexity index is 486. The van der Waals surface area contributed by atoms with Crippen molar-refractivity contribution in [1.82, 2.24) is 5.32 Å². The highest BCUT2D eigenvalue weighted by Gasteiger charge is 2.40. The number of aliphatic hydroxyl groups excluding tert-OH is 1. The van der Waals surface area contributed by atoms with Gasteiger partial charge >= 0.3 is 0 Å². The molecule has 0 radical (unpaired) electrons. The largest absolute Gasteiger partial charge is 0.388 e. The minimum absolute atomic E-state index is 0.143. The van der Waals surface area contributed by atoms with Gasteiger partial charge in [-0.1, -0.05) is 19.1 Å². The molecule has 0 aromatic heterocycles. The number of piperidine rings is 1. The normalized spacial score (nSPS) is 27.1. The molecule has 2 saturated heterocycles. The third-order valence-corrected chi connectivity index (χ3v) is 4.60. The van der Waals surface area contributed by atoms with Gasteiger partial charge in [-0.2, -0.15) is 0 Å². The number of anilines is 1. The fourth-order valence-electron chi connectivity index (χ4n) is 3.40. The van der Waals surface area contributed by atoms with Crippen LogP contribution < -0.4 is 10.2 Å². The summed E-state index contributed by atoms with van der Waals surface area (Å²) in [5.74, 6) is 0.349. The Morgan fingerprint density at radius 1 is 1.40 bits per heavy atom. The molecular formula is C16H22N2O2. The molecule has 2 heterocycles. The molecule has 1 amide bonds. The summed E-state index contributed by atoms with van der Waals surface area (Å²) in [5.41, 5.74) is 2.12. The molecule has 0 aliphatic carbocycles. The van der Waals surface area contributed by atoms with Gasteiger partial charge in [0.15, 0.2) is 0 Å². The van der Waals surface area contributed by atoms with Gasteiger partial charge in [0.1, 0.15) is 0 Å². The van der Waals surface area contributed by atoms with Crippen molar-refractivity contribution in [3.63, 3.8) is 0 Å². The number of aliphatic hydroxyl groups is 1. The van der Waals surface area contributed by atoms with Crippen molar-refractivity contribution in [2.75, 3.05) is 18.0 Å². The molecule has 0 bridgehead atoms. The molecule has 2 N–H and O–H groups in total. The van der Waals surface area contributed by atoms with E-state index >= 15 is 0 Å². The number of benzene rings is 1. The molecule has 0 spiro atoms. The van der Waals surface area contributed by atoms with Crippen LogP contribution >= 0.6 is 0 Å². The molecule has 1 aromatic carbocycles. The monoisotopic (exact) mass is 274 g/mol. The van der Waals surface area contributed by atoms with Gasteiger partial charge in [-0.3, -0.25) is 4.79 Å². The number of rotatable bonds is 3. The van der Waals surface area contributed by atoms with Crippen LogP contribution in [0.5, 0.6) is 0 Å². The first kappa shape index (κ1) is 13.4. The zero-order valence-corrected chi connectivity index (χ0v) is 11.9. The highest BCUT2D eigenvalue weighted by molar-refractivity contribution is 5.83. The Labute approximate surface area is 119 Å². The molecule has 3 unspecified atom stereocenters. The van der Waals surface area contributed by atoms with Crippen LogP contribution in [0, 0.1) is 5.92 Å². The lowest BCUT2D eigenvalue weighted by molar-refractivity contribution is -0.122. The Kier molecular flexibility index (Phi) is 3.66. The lowest BCUT2D eigenvalue weighted by atomic mass is 9.91. The predicted octanol–water partition coefficient (Wildman–Crippen LogP) is 1.84. The van der Waals surface area contributed by atoms with Crippen molar-refractivity contribution in [3.05, 3.63) is 29.8 Å². The number of amides is 1. The number of hydrogen-bond acceptors (Lipinski definition) is 3. The second-order valence-electron chi connectivity index (χ2n) is 5.77. The zero-order chi connectivity index (χ0) is 14.1. The molecular weight excluding hydrogens is 252 g/mol. The van der Waals surface area contributed by atoms with Crippen LogP contribution in [0.15, 0.2) is 24.3 Å². The lowest BCUT2D eigenvalue weighted by Crippen LogP contribution is -2.45. The summed E-state index contributed by atoms with van der Waals surface area (Å²) in [7, 11) is 0. The lowest BCUT2D eigenvalue weighted by Gasteiger charge is -2.37. The molecule has 20 heavy (non-hydrogen) atoms. The van der Waals surface area contributed by atoms with E-state index in [4.69, 9.17) is 0 Å². The Hall–Kier alpha value is -1.55. The maximum Gasteiger partial charge on any atom is 0.225 e. The second kappa shape index (κ2) is 5.44. The van der Waals surface area contributed by atoms with Gasteiger partial charge in [-0.15, -0.1) is 0 Å². The summed E-state index contributed by atoms with van der Waals surface area (Å²) >= 11 is 0. The minimum Gasteiger partial charge on any atom is -0.388 e. The average Bonchev–Trinajstić information content (AvgIpc) is 2.88. The molecule has 108 valence electrons. The fraction of sp³-hybridized carbons (Fsp3) is 0.562. The number of fused-ring (bicyclic) bond motifs is 1. The van der Waals surface area contributed by atoms with Crippen molar-refractivity contribution < 1.29 is 9.90 Å². The van der Waals surface area contributed by atoms with E-state index in [1.165, 1.54) is 0 Å². The first-order valence-electron chi connectivity index (χ1n) is 7.53. The maximum atomic E-state index is 11.8. The van der Waals surface area contributed by atoms with Crippen LogP contribution in [0.4, 0.5) is 5.69 Å². The van der Waals surface area contributed by atoms with E-state index in [1.54, 1.807) is 0 Å². The highest BCUT2D eigenvalue weighted by atomic mass is 16.3. The van der Waals surface area contributed by atoms with E-state index in [1.807, 2.05) is 19.1 Å². The van der Waals surface area contributed by atoms with Crippen molar-refractivity contribution in [2.24, 2.45) is 5.92 Å². The predicted molar refractivity (Wildman–Crippen MR) is 78.6 cm³/mol. The Morgan fingerprint density at radius 3 is 2.85 bits per heavy atom.